The average molecular weight is 267 g/mol. The van der Waals surface area contributed by atoms with Crippen molar-refractivity contribution in [3.05, 3.63) is 37.4 Å². The van der Waals surface area contributed by atoms with Crippen LogP contribution in [0.25, 0.3) is 0 Å². The number of nitrogens with zero attached hydrogens (tertiary/aromatic N) is 4. The van der Waals surface area contributed by atoms with Crippen LogP contribution in [0.15, 0.2) is 21.2 Å². The standard InChI is InChI=1S/C10H13N5O2S/c1-14-9(16)8(13-15(2)10(14)17)12-4-3-7-11-5-6-18-7/h5-6H,3-4H2,1-2H3,(H,12,13). The lowest BCUT2D eigenvalue weighted by molar-refractivity contribution is 0.604. The quantitative estimate of drug-likeness (QED) is 0.814. The molecule has 0 atom stereocenters. The molecule has 0 bridgehead atoms. The highest BCUT2D eigenvalue weighted by Crippen LogP contribution is 2.04. The Morgan fingerprint density at radius 1 is 1.39 bits per heavy atom. The maximum absolute atomic E-state index is 11.7. The van der Waals surface area contributed by atoms with Gasteiger partial charge >= 0.3 is 5.69 Å². The minimum absolute atomic E-state index is 0.177. The molecule has 0 aliphatic rings. The molecule has 0 aliphatic carbocycles. The van der Waals surface area contributed by atoms with Crippen molar-refractivity contribution in [2.75, 3.05) is 11.9 Å². The second-order valence-corrected chi connectivity index (χ2v) is 4.70. The monoisotopic (exact) mass is 267 g/mol. The third-order valence-corrected chi connectivity index (χ3v) is 3.28. The Morgan fingerprint density at radius 3 is 2.83 bits per heavy atom. The van der Waals surface area contributed by atoms with E-state index in [1.54, 1.807) is 17.5 Å². The Morgan fingerprint density at radius 2 is 2.17 bits per heavy atom. The van der Waals surface area contributed by atoms with Crippen molar-refractivity contribution >= 4 is 17.2 Å². The number of aromatic nitrogens is 4. The number of hydrogen-bond acceptors (Lipinski definition) is 6. The minimum atomic E-state index is -0.439. The summed E-state index contributed by atoms with van der Waals surface area (Å²) in [5.41, 5.74) is -0.859. The third kappa shape index (κ3) is 2.48. The molecule has 0 spiro atoms. The van der Waals surface area contributed by atoms with Gasteiger partial charge in [0.15, 0.2) is 0 Å². The molecule has 96 valence electrons. The second kappa shape index (κ2) is 5.13. The largest absolute Gasteiger partial charge is 0.364 e. The van der Waals surface area contributed by atoms with Crippen molar-refractivity contribution in [3.63, 3.8) is 0 Å². The van der Waals surface area contributed by atoms with Crippen molar-refractivity contribution in [1.82, 2.24) is 19.3 Å². The van der Waals surface area contributed by atoms with Crippen molar-refractivity contribution in [3.8, 4) is 0 Å². The van der Waals surface area contributed by atoms with Gasteiger partial charge in [-0.15, -0.1) is 16.4 Å². The van der Waals surface area contributed by atoms with Crippen molar-refractivity contribution < 1.29 is 0 Å². The van der Waals surface area contributed by atoms with E-state index in [1.165, 1.54) is 14.1 Å². The first kappa shape index (κ1) is 12.5. The van der Waals surface area contributed by atoms with Crippen LogP contribution in [0.2, 0.25) is 0 Å². The summed E-state index contributed by atoms with van der Waals surface area (Å²) in [6.07, 6.45) is 2.45. The van der Waals surface area contributed by atoms with Gasteiger partial charge in [-0.2, -0.15) is 0 Å². The third-order valence-electron chi connectivity index (χ3n) is 2.44. The smallest absolute Gasteiger partial charge is 0.346 e. The van der Waals surface area contributed by atoms with Gasteiger partial charge in [0.25, 0.3) is 5.56 Å². The molecule has 18 heavy (non-hydrogen) atoms. The predicted molar refractivity (Wildman–Crippen MR) is 69.0 cm³/mol. The molecule has 2 rings (SSSR count). The van der Waals surface area contributed by atoms with Gasteiger partial charge in [-0.05, 0) is 0 Å². The van der Waals surface area contributed by atoms with Crippen LogP contribution in [0.3, 0.4) is 0 Å². The molecule has 0 saturated heterocycles. The Kier molecular flexibility index (Phi) is 3.56. The summed E-state index contributed by atoms with van der Waals surface area (Å²) in [6.45, 7) is 0.550. The van der Waals surface area contributed by atoms with Crippen molar-refractivity contribution in [2.24, 2.45) is 14.1 Å². The van der Waals surface area contributed by atoms with Crippen LogP contribution < -0.4 is 16.6 Å². The molecule has 0 unspecified atom stereocenters. The van der Waals surface area contributed by atoms with Gasteiger partial charge in [-0.25, -0.2) is 14.5 Å². The van der Waals surface area contributed by atoms with Gasteiger partial charge in [0.05, 0.1) is 5.01 Å². The van der Waals surface area contributed by atoms with Crippen LogP contribution in [0.5, 0.6) is 0 Å². The molecular weight excluding hydrogens is 254 g/mol. The van der Waals surface area contributed by atoms with Gasteiger partial charge in [-0.1, -0.05) is 0 Å². The molecule has 0 aromatic carbocycles. The average Bonchev–Trinajstić information content (AvgIpc) is 2.86. The molecular formula is C10H13N5O2S. The zero-order valence-electron chi connectivity index (χ0n) is 10.1. The zero-order chi connectivity index (χ0) is 13.1. The molecule has 2 aromatic rings. The van der Waals surface area contributed by atoms with Crippen LogP contribution in [-0.2, 0) is 20.5 Å². The first-order chi connectivity index (χ1) is 8.59. The van der Waals surface area contributed by atoms with Crippen LogP contribution >= 0.6 is 11.3 Å². The fraction of sp³-hybridized carbons (Fsp3) is 0.400. The second-order valence-electron chi connectivity index (χ2n) is 3.72. The van der Waals surface area contributed by atoms with E-state index < -0.39 is 11.2 Å². The summed E-state index contributed by atoms with van der Waals surface area (Å²) in [5, 5.41) is 9.71. The molecule has 0 aliphatic heterocycles. The maximum atomic E-state index is 11.7. The first-order valence-electron chi connectivity index (χ1n) is 5.36. The highest BCUT2D eigenvalue weighted by molar-refractivity contribution is 7.09. The lowest BCUT2D eigenvalue weighted by atomic mass is 10.4. The van der Waals surface area contributed by atoms with Gasteiger partial charge in [0, 0.05) is 38.6 Å². The van der Waals surface area contributed by atoms with E-state index in [0.29, 0.717) is 13.0 Å². The Balaban J connectivity index is 2.10. The first-order valence-corrected chi connectivity index (χ1v) is 6.24. The van der Waals surface area contributed by atoms with Crippen LogP contribution in [0.1, 0.15) is 5.01 Å². The Labute approximate surface area is 107 Å². The Bertz CT molecular complexity index is 643. The molecule has 7 nitrogen and oxygen atoms in total. The van der Waals surface area contributed by atoms with Crippen LogP contribution in [-0.4, -0.2) is 25.9 Å². The highest BCUT2D eigenvalue weighted by atomic mass is 32.1. The summed E-state index contributed by atoms with van der Waals surface area (Å²) >= 11 is 1.56. The summed E-state index contributed by atoms with van der Waals surface area (Å²) < 4.78 is 2.16. The topological polar surface area (TPSA) is 81.8 Å². The molecule has 2 aromatic heterocycles. The van der Waals surface area contributed by atoms with E-state index in [2.05, 4.69) is 15.4 Å². The van der Waals surface area contributed by atoms with Gasteiger partial charge in [0.2, 0.25) is 5.82 Å². The number of thiazole rings is 1. The molecule has 0 fully saturated rings. The Hall–Kier alpha value is -1.96. The van der Waals surface area contributed by atoms with E-state index in [-0.39, 0.29) is 5.82 Å². The number of aryl methyl sites for hydroxylation is 1. The number of rotatable bonds is 4. The van der Waals surface area contributed by atoms with Crippen molar-refractivity contribution in [1.29, 1.82) is 0 Å². The van der Waals surface area contributed by atoms with Gasteiger partial charge < -0.3 is 5.32 Å². The lowest BCUT2D eigenvalue weighted by Crippen LogP contribution is -2.40. The van der Waals surface area contributed by atoms with Crippen LogP contribution in [0.4, 0.5) is 5.82 Å². The van der Waals surface area contributed by atoms with Crippen molar-refractivity contribution in [2.45, 2.75) is 6.42 Å². The number of hydrogen-bond donors (Lipinski definition) is 1. The van der Waals surface area contributed by atoms with Crippen LogP contribution in [0, 0.1) is 0 Å². The summed E-state index contributed by atoms with van der Waals surface area (Å²) in [6, 6.07) is 0. The molecule has 0 amide bonds. The van der Waals surface area contributed by atoms with E-state index in [1.807, 2.05) is 5.38 Å². The summed E-state index contributed by atoms with van der Waals surface area (Å²) in [7, 11) is 2.94. The molecule has 1 N–H and O–H groups in total. The van der Waals surface area contributed by atoms with E-state index >= 15 is 0 Å². The van der Waals surface area contributed by atoms with Gasteiger partial charge in [0.1, 0.15) is 0 Å². The lowest BCUT2D eigenvalue weighted by Gasteiger charge is -2.06. The van der Waals surface area contributed by atoms with E-state index in [0.717, 1.165) is 14.3 Å². The summed E-state index contributed by atoms with van der Waals surface area (Å²) in [4.78, 5) is 27.3. The highest BCUT2D eigenvalue weighted by Gasteiger charge is 2.07. The SMILES string of the molecule is Cn1nc(NCCc2nccs2)c(=O)n(C)c1=O. The minimum Gasteiger partial charge on any atom is -0.364 e. The normalized spacial score (nSPS) is 10.6. The molecule has 8 heteroatoms. The molecule has 2 heterocycles. The number of anilines is 1. The van der Waals surface area contributed by atoms with E-state index in [9.17, 15) is 9.59 Å². The number of nitrogens with one attached hydrogen (secondary N) is 1. The summed E-state index contributed by atoms with van der Waals surface area (Å²) in [5.74, 6) is 0.177. The fourth-order valence-electron chi connectivity index (χ4n) is 1.47. The van der Waals surface area contributed by atoms with Gasteiger partial charge in [-0.3, -0.25) is 9.36 Å². The molecule has 0 saturated carbocycles. The molecule has 0 radical (unpaired) electrons. The fourth-order valence-corrected chi connectivity index (χ4v) is 2.09. The zero-order valence-corrected chi connectivity index (χ0v) is 10.9. The maximum Gasteiger partial charge on any atom is 0.346 e. The van der Waals surface area contributed by atoms with E-state index in [4.69, 9.17) is 0 Å². The predicted octanol–water partition coefficient (Wildman–Crippen LogP) is -0.410.